The van der Waals surface area contributed by atoms with E-state index in [9.17, 15) is 28.8 Å². The Morgan fingerprint density at radius 1 is 0.649 bits per heavy atom. The van der Waals surface area contributed by atoms with Crippen LogP contribution in [-0.4, -0.2) is 128 Å². The standard InChI is InChI=1S/C26H25N7O4S.C19H21N5O4S.C7H5BrN2/c1-15-22(24(35)32-20(25(36)37-3)14-28-23(34)21-7-5-11-38-21)16(2)31-26(30-15)27-10-4-6-17-8-9-18-13-29-33-19(18)12-17;1-5-8-20-19-22-11(2)15(12(3)23-19)17(26)24-13(18(27)28-4)10-21-16(25)14-7-6-9-29-14;8-6-2-1-3-7-5(6)4-9-10-7/h5,7-9,11-13,20H,10,14H2,1-3H3,(H,28,34)(H,29,33)(H,32,35)(H,27,30,31);1,6-7,9,13H,8,10H2,2-4H3,(H,21,25)(H,24,26)(H,20,22,23);1-4H,(H,9,10)/t20-;13-;/m00./s1. The summed E-state index contributed by atoms with van der Waals surface area (Å²) in [5.41, 5.74) is 4.95. The summed E-state index contributed by atoms with van der Waals surface area (Å²) in [4.78, 5) is 92.6. The van der Waals surface area contributed by atoms with Crippen molar-refractivity contribution in [1.82, 2.24) is 61.6 Å². The number of carbonyl (C=O) groups excluding carboxylic acids is 6. The molecule has 396 valence electrons. The predicted octanol–water partition coefficient (Wildman–Crippen LogP) is 5.42. The molecule has 22 nitrogen and oxygen atoms in total. The molecule has 8 rings (SSSR count). The lowest BCUT2D eigenvalue weighted by Gasteiger charge is -2.18. The molecular formula is C52H51BrN14O8S2. The van der Waals surface area contributed by atoms with E-state index in [0.29, 0.717) is 51.0 Å². The third-order valence-corrected chi connectivity index (χ3v) is 13.2. The van der Waals surface area contributed by atoms with Gasteiger partial charge in [0.1, 0.15) is 12.1 Å². The molecule has 0 aliphatic rings. The van der Waals surface area contributed by atoms with Gasteiger partial charge in [0.2, 0.25) is 11.9 Å². The number of H-pyrrole nitrogens is 2. The minimum atomic E-state index is -1.09. The average Bonchev–Trinajstić information content (AvgIpc) is 4.29. The van der Waals surface area contributed by atoms with Gasteiger partial charge in [-0.2, -0.15) is 10.2 Å². The lowest BCUT2D eigenvalue weighted by molar-refractivity contribution is -0.143. The number of hydrogen-bond donors (Lipinski definition) is 8. The number of esters is 2. The Morgan fingerprint density at radius 3 is 1.64 bits per heavy atom. The second-order valence-corrected chi connectivity index (χ2v) is 18.9. The maximum absolute atomic E-state index is 13.0. The van der Waals surface area contributed by atoms with Crippen LogP contribution in [0.25, 0.3) is 21.8 Å². The Hall–Kier alpha value is -9.04. The van der Waals surface area contributed by atoms with Gasteiger partial charge < -0.3 is 41.4 Å². The van der Waals surface area contributed by atoms with E-state index in [1.807, 2.05) is 36.4 Å². The number of ether oxygens (including phenoxy) is 2. The number of nitrogens with zero attached hydrogens (tertiary/aromatic N) is 6. The first kappa shape index (κ1) is 57.2. The SMILES string of the molecule is Brc1cccc2[nH]ncc12.C#CCNc1nc(C)c(C(=O)N[C@@H](CNC(=O)c2cccs2)C(=O)OC)c(C)n1.COC(=O)[C@H](CNC(=O)c1cccs1)NC(=O)c1c(C)nc(NCC#Cc2ccc3cn[nH]c3c2)nc1C. The van der Waals surface area contributed by atoms with E-state index < -0.39 is 35.8 Å². The molecule has 0 saturated heterocycles. The van der Waals surface area contributed by atoms with Crippen LogP contribution in [0.2, 0.25) is 0 Å². The molecule has 2 atom stereocenters. The normalized spacial score (nSPS) is 11.1. The highest BCUT2D eigenvalue weighted by Gasteiger charge is 2.27. The van der Waals surface area contributed by atoms with Crippen LogP contribution in [0.4, 0.5) is 11.9 Å². The Kier molecular flexibility index (Phi) is 20.8. The molecule has 0 unspecified atom stereocenters. The molecule has 6 heterocycles. The van der Waals surface area contributed by atoms with Crippen molar-refractivity contribution in [2.45, 2.75) is 39.8 Å². The summed E-state index contributed by atoms with van der Waals surface area (Å²) in [6, 6.07) is 16.4. The molecular weight excluding hydrogens is 1090 g/mol. The van der Waals surface area contributed by atoms with Crippen LogP contribution < -0.4 is 31.9 Å². The maximum atomic E-state index is 13.0. The summed E-state index contributed by atoms with van der Waals surface area (Å²) in [6.45, 7) is 6.92. The first-order chi connectivity index (χ1) is 37.1. The van der Waals surface area contributed by atoms with Gasteiger partial charge in [-0.15, -0.1) is 29.1 Å². The number of anilines is 2. The van der Waals surface area contributed by atoms with Crippen LogP contribution in [0, 0.1) is 51.9 Å². The fourth-order valence-corrected chi connectivity index (χ4v) is 8.85. The zero-order valence-corrected chi connectivity index (χ0v) is 45.5. The highest BCUT2D eigenvalue weighted by Crippen LogP contribution is 2.21. The first-order valence-electron chi connectivity index (χ1n) is 23.1. The van der Waals surface area contributed by atoms with Gasteiger partial charge in [-0.3, -0.25) is 29.4 Å². The molecule has 0 bridgehead atoms. The quantitative estimate of drug-likeness (QED) is 0.0442. The number of aromatic amines is 2. The van der Waals surface area contributed by atoms with Crippen LogP contribution in [0.15, 0.2) is 88.3 Å². The summed E-state index contributed by atoms with van der Waals surface area (Å²) in [5, 5.41) is 35.7. The van der Waals surface area contributed by atoms with Crippen molar-refractivity contribution in [1.29, 1.82) is 0 Å². The number of aryl methyl sites for hydroxylation is 4. The van der Waals surface area contributed by atoms with Crippen molar-refractivity contribution in [3.05, 3.63) is 138 Å². The van der Waals surface area contributed by atoms with Gasteiger partial charge in [-0.05, 0) is 80.9 Å². The molecule has 0 spiro atoms. The molecule has 77 heavy (non-hydrogen) atoms. The van der Waals surface area contributed by atoms with Crippen molar-refractivity contribution in [2.75, 3.05) is 51.0 Å². The molecule has 0 saturated carbocycles. The highest BCUT2D eigenvalue weighted by atomic mass is 79.9. The van der Waals surface area contributed by atoms with Crippen LogP contribution in [0.1, 0.15) is 68.4 Å². The number of halogens is 1. The lowest BCUT2D eigenvalue weighted by Crippen LogP contribution is -2.49. The van der Waals surface area contributed by atoms with Crippen molar-refractivity contribution in [3.63, 3.8) is 0 Å². The predicted molar refractivity (Wildman–Crippen MR) is 295 cm³/mol. The van der Waals surface area contributed by atoms with Gasteiger partial charge in [-0.25, -0.2) is 29.5 Å². The van der Waals surface area contributed by atoms with Crippen LogP contribution in [0.5, 0.6) is 0 Å². The Balaban J connectivity index is 0.000000216. The fraction of sp³-hybridized carbons (Fsp3) is 0.231. The second-order valence-electron chi connectivity index (χ2n) is 16.1. The highest BCUT2D eigenvalue weighted by molar-refractivity contribution is 9.10. The van der Waals surface area contributed by atoms with Crippen molar-refractivity contribution >= 4 is 108 Å². The number of hydrogen-bond acceptors (Lipinski definition) is 18. The van der Waals surface area contributed by atoms with E-state index in [1.165, 1.54) is 36.9 Å². The summed E-state index contributed by atoms with van der Waals surface area (Å²) >= 11 is 5.95. The Morgan fingerprint density at radius 2 is 1.16 bits per heavy atom. The number of fused-ring (bicyclic) bond motifs is 2. The minimum absolute atomic E-state index is 0.129. The molecule has 4 amide bonds. The number of benzene rings is 2. The topological polar surface area (TPSA) is 302 Å². The molecule has 0 fully saturated rings. The largest absolute Gasteiger partial charge is 0.467 e. The Labute approximate surface area is 457 Å². The lowest BCUT2D eigenvalue weighted by atomic mass is 10.1. The average molecular weight is 1140 g/mol. The molecule has 2 aromatic carbocycles. The number of methoxy groups -OCH3 is 2. The number of thiophene rings is 2. The third kappa shape index (κ3) is 16.0. The minimum Gasteiger partial charge on any atom is -0.467 e. The van der Waals surface area contributed by atoms with Gasteiger partial charge in [0.25, 0.3) is 23.6 Å². The number of rotatable bonds is 16. The van der Waals surface area contributed by atoms with Gasteiger partial charge in [0.15, 0.2) is 0 Å². The Bertz CT molecular complexity index is 3450. The van der Waals surface area contributed by atoms with Crippen molar-refractivity contribution < 1.29 is 38.2 Å². The second kappa shape index (κ2) is 28.0. The van der Waals surface area contributed by atoms with Gasteiger partial charge in [0.05, 0.1) is 94.4 Å². The zero-order chi connectivity index (χ0) is 55.4. The molecule has 8 N–H and O–H groups in total. The fourth-order valence-electron chi connectivity index (χ4n) is 7.11. The maximum Gasteiger partial charge on any atom is 0.330 e. The first-order valence-corrected chi connectivity index (χ1v) is 25.7. The number of carbonyl (C=O) groups is 6. The van der Waals surface area contributed by atoms with Crippen LogP contribution in [-0.2, 0) is 19.1 Å². The van der Waals surface area contributed by atoms with Gasteiger partial charge in [0, 0.05) is 33.9 Å². The molecule has 0 aliphatic carbocycles. The number of aromatic nitrogens is 8. The monoisotopic (exact) mass is 1140 g/mol. The smallest absolute Gasteiger partial charge is 0.330 e. The molecule has 0 radical (unpaired) electrons. The van der Waals surface area contributed by atoms with E-state index in [0.717, 1.165) is 31.8 Å². The van der Waals surface area contributed by atoms with Gasteiger partial charge >= 0.3 is 11.9 Å². The summed E-state index contributed by atoms with van der Waals surface area (Å²) in [6.07, 6.45) is 8.76. The van der Waals surface area contributed by atoms with E-state index in [-0.39, 0.29) is 42.6 Å². The van der Waals surface area contributed by atoms with E-state index in [2.05, 4.69) is 106 Å². The number of amides is 4. The summed E-state index contributed by atoms with van der Waals surface area (Å²) < 4.78 is 10.6. The number of nitrogens with one attached hydrogen (secondary N) is 8. The zero-order valence-electron chi connectivity index (χ0n) is 42.3. The van der Waals surface area contributed by atoms with E-state index in [4.69, 9.17) is 15.9 Å². The van der Waals surface area contributed by atoms with E-state index >= 15 is 0 Å². The summed E-state index contributed by atoms with van der Waals surface area (Å²) in [5.74, 6) is 5.96. The van der Waals surface area contributed by atoms with Crippen LogP contribution >= 0.6 is 38.6 Å². The van der Waals surface area contributed by atoms with Crippen molar-refractivity contribution in [2.24, 2.45) is 0 Å². The molecule has 0 aliphatic heterocycles. The molecule has 8 aromatic rings. The third-order valence-electron chi connectivity index (χ3n) is 10.8. The molecule has 6 aromatic heterocycles. The summed E-state index contributed by atoms with van der Waals surface area (Å²) in [7, 11) is 2.41. The van der Waals surface area contributed by atoms with E-state index in [1.54, 1.807) is 75.1 Å². The van der Waals surface area contributed by atoms with Crippen LogP contribution in [0.3, 0.4) is 0 Å². The van der Waals surface area contributed by atoms with Crippen molar-refractivity contribution in [3.8, 4) is 24.2 Å². The molecule has 25 heteroatoms. The van der Waals surface area contributed by atoms with Gasteiger partial charge in [-0.1, -0.05) is 51.9 Å². The number of terminal acetylenes is 1.